The van der Waals surface area contributed by atoms with Crippen molar-refractivity contribution in [1.29, 1.82) is 0 Å². The molecule has 0 heterocycles. The zero-order valence-electron chi connectivity index (χ0n) is 11.3. The fourth-order valence-electron chi connectivity index (χ4n) is 1.75. The van der Waals surface area contributed by atoms with E-state index in [1.807, 2.05) is 5.32 Å². The van der Waals surface area contributed by atoms with Gasteiger partial charge in [0.05, 0.1) is 12.1 Å². The fourth-order valence-corrected chi connectivity index (χ4v) is 1.75. The van der Waals surface area contributed by atoms with E-state index in [0.717, 1.165) is 12.1 Å². The Kier molecular flexibility index (Phi) is 5.71. The maximum atomic E-state index is 12.6. The average molecular weight is 303 g/mol. The monoisotopic (exact) mass is 303 g/mol. The van der Waals surface area contributed by atoms with E-state index in [1.54, 1.807) is 13.0 Å². The molecule has 0 aliphatic carbocycles. The number of hydrogen-bond acceptors (Lipinski definition) is 3. The fraction of sp³-hybridized carbons (Fsp3) is 0.385. The number of urea groups is 1. The predicted molar refractivity (Wildman–Crippen MR) is 70.3 cm³/mol. The Labute approximate surface area is 119 Å². The van der Waals surface area contributed by atoms with Crippen molar-refractivity contribution in [2.75, 3.05) is 6.54 Å². The third kappa shape index (κ3) is 6.26. The highest BCUT2D eigenvalue weighted by atomic mass is 19.4. The van der Waals surface area contributed by atoms with Crippen LogP contribution in [0.25, 0.3) is 0 Å². The van der Waals surface area contributed by atoms with E-state index in [1.165, 1.54) is 6.07 Å². The number of carbonyl (C=O) groups is 2. The molecular formula is C13H16F3N3O2. The largest absolute Gasteiger partial charge is 0.416 e. The molecule has 0 fully saturated rings. The molecule has 4 N–H and O–H groups in total. The van der Waals surface area contributed by atoms with E-state index in [9.17, 15) is 22.8 Å². The number of primary amides is 1. The van der Waals surface area contributed by atoms with Gasteiger partial charge in [0.1, 0.15) is 0 Å². The van der Waals surface area contributed by atoms with Gasteiger partial charge in [0, 0.05) is 6.04 Å². The number of rotatable bonds is 5. The molecule has 5 nitrogen and oxygen atoms in total. The summed E-state index contributed by atoms with van der Waals surface area (Å²) in [4.78, 5) is 21.6. The lowest BCUT2D eigenvalue weighted by Crippen LogP contribution is -2.43. The summed E-state index contributed by atoms with van der Waals surface area (Å²) in [6.07, 6.45) is -4.07. The summed E-state index contributed by atoms with van der Waals surface area (Å²) in [7, 11) is 0. The summed E-state index contributed by atoms with van der Waals surface area (Å²) < 4.78 is 37.7. The molecule has 0 bridgehead atoms. The Morgan fingerprint density at radius 1 is 1.33 bits per heavy atom. The van der Waals surface area contributed by atoms with E-state index < -0.39 is 23.7 Å². The highest BCUT2D eigenvalue weighted by Crippen LogP contribution is 2.29. The molecule has 1 atom stereocenters. The van der Waals surface area contributed by atoms with Gasteiger partial charge in [0.25, 0.3) is 0 Å². The van der Waals surface area contributed by atoms with Crippen molar-refractivity contribution in [2.24, 2.45) is 5.73 Å². The minimum atomic E-state index is -4.38. The van der Waals surface area contributed by atoms with Crippen molar-refractivity contribution in [3.05, 3.63) is 35.4 Å². The molecule has 1 aromatic rings. The third-order valence-corrected chi connectivity index (χ3v) is 2.67. The Morgan fingerprint density at radius 2 is 2.00 bits per heavy atom. The predicted octanol–water partition coefficient (Wildman–Crippen LogP) is 1.42. The molecule has 21 heavy (non-hydrogen) atoms. The summed E-state index contributed by atoms with van der Waals surface area (Å²) in [5.41, 5.74) is 4.57. The van der Waals surface area contributed by atoms with Crippen LogP contribution in [0.3, 0.4) is 0 Å². The van der Waals surface area contributed by atoms with Crippen molar-refractivity contribution in [2.45, 2.75) is 25.6 Å². The first-order valence-electron chi connectivity index (χ1n) is 6.17. The summed E-state index contributed by atoms with van der Waals surface area (Å²) in [6.45, 7) is 1.57. The van der Waals surface area contributed by atoms with Gasteiger partial charge < -0.3 is 11.1 Å². The number of halogens is 3. The quantitative estimate of drug-likeness (QED) is 0.769. The molecule has 0 radical (unpaired) electrons. The maximum absolute atomic E-state index is 12.6. The second-order valence-corrected chi connectivity index (χ2v) is 4.60. The second kappa shape index (κ2) is 7.07. The SMILES string of the molecule is CC(Cc1cccc(C(F)(F)F)c1)NCC(=O)NC(N)=O. The van der Waals surface area contributed by atoms with Crippen LogP contribution in [0.2, 0.25) is 0 Å². The zero-order chi connectivity index (χ0) is 16.0. The first kappa shape index (κ1) is 17.0. The number of alkyl halides is 3. The molecule has 8 heteroatoms. The van der Waals surface area contributed by atoms with Gasteiger partial charge in [0.15, 0.2) is 0 Å². The smallest absolute Gasteiger partial charge is 0.351 e. The molecule has 116 valence electrons. The number of imide groups is 1. The van der Waals surface area contributed by atoms with Crippen LogP contribution < -0.4 is 16.4 Å². The summed E-state index contributed by atoms with van der Waals surface area (Å²) in [6, 6.07) is 3.80. The van der Waals surface area contributed by atoms with E-state index in [2.05, 4.69) is 5.32 Å². The molecule has 0 aliphatic rings. The molecule has 0 spiro atoms. The minimum Gasteiger partial charge on any atom is -0.351 e. The van der Waals surface area contributed by atoms with Crippen LogP contribution in [0.5, 0.6) is 0 Å². The molecule has 0 saturated heterocycles. The molecule has 3 amide bonds. The van der Waals surface area contributed by atoms with Crippen LogP contribution in [-0.2, 0) is 17.4 Å². The van der Waals surface area contributed by atoms with Crippen LogP contribution in [0.1, 0.15) is 18.1 Å². The average Bonchev–Trinajstić information content (AvgIpc) is 2.35. The lowest BCUT2D eigenvalue weighted by molar-refractivity contribution is -0.137. The van der Waals surface area contributed by atoms with Crippen LogP contribution in [0.4, 0.5) is 18.0 Å². The van der Waals surface area contributed by atoms with Crippen molar-refractivity contribution >= 4 is 11.9 Å². The minimum absolute atomic E-state index is 0.150. The summed E-state index contributed by atoms with van der Waals surface area (Å²) >= 11 is 0. The molecule has 1 aromatic carbocycles. The molecule has 0 aromatic heterocycles. The van der Waals surface area contributed by atoms with E-state index >= 15 is 0 Å². The van der Waals surface area contributed by atoms with Crippen LogP contribution in [0.15, 0.2) is 24.3 Å². The standard InChI is InChI=1S/C13H16F3N3O2/c1-8(18-7-11(20)19-12(17)21)5-9-3-2-4-10(6-9)13(14,15)16/h2-4,6,8,18H,5,7H2,1H3,(H3,17,19,20,21). The van der Waals surface area contributed by atoms with Crippen molar-refractivity contribution in [3.63, 3.8) is 0 Å². The van der Waals surface area contributed by atoms with E-state index in [-0.39, 0.29) is 12.6 Å². The van der Waals surface area contributed by atoms with E-state index in [4.69, 9.17) is 5.73 Å². The van der Waals surface area contributed by atoms with Gasteiger partial charge >= 0.3 is 12.2 Å². The third-order valence-electron chi connectivity index (χ3n) is 2.67. The van der Waals surface area contributed by atoms with Gasteiger partial charge in [-0.3, -0.25) is 10.1 Å². The Hall–Kier alpha value is -2.09. The normalized spacial score (nSPS) is 12.8. The van der Waals surface area contributed by atoms with Crippen molar-refractivity contribution in [3.8, 4) is 0 Å². The van der Waals surface area contributed by atoms with Crippen molar-refractivity contribution < 1.29 is 22.8 Å². The zero-order valence-corrected chi connectivity index (χ0v) is 11.3. The van der Waals surface area contributed by atoms with Crippen LogP contribution >= 0.6 is 0 Å². The summed E-state index contributed by atoms with van der Waals surface area (Å²) in [5, 5.41) is 4.67. The van der Waals surface area contributed by atoms with Gasteiger partial charge in [-0.15, -0.1) is 0 Å². The van der Waals surface area contributed by atoms with Crippen molar-refractivity contribution in [1.82, 2.24) is 10.6 Å². The van der Waals surface area contributed by atoms with Gasteiger partial charge in [-0.25, -0.2) is 4.79 Å². The molecule has 1 unspecified atom stereocenters. The van der Waals surface area contributed by atoms with Gasteiger partial charge in [-0.05, 0) is 25.0 Å². The van der Waals surface area contributed by atoms with Crippen LogP contribution in [0, 0.1) is 0 Å². The molecular weight excluding hydrogens is 287 g/mol. The lowest BCUT2D eigenvalue weighted by Gasteiger charge is -2.14. The number of carbonyl (C=O) groups excluding carboxylic acids is 2. The lowest BCUT2D eigenvalue weighted by atomic mass is 10.0. The number of benzene rings is 1. The second-order valence-electron chi connectivity index (χ2n) is 4.60. The van der Waals surface area contributed by atoms with Gasteiger partial charge in [0.2, 0.25) is 5.91 Å². The number of nitrogens with two attached hydrogens (primary N) is 1. The van der Waals surface area contributed by atoms with Crippen LogP contribution in [-0.4, -0.2) is 24.5 Å². The number of amides is 3. The Bertz CT molecular complexity index is 518. The first-order chi connectivity index (χ1) is 9.68. The molecule has 0 aliphatic heterocycles. The number of nitrogens with one attached hydrogen (secondary N) is 2. The summed E-state index contributed by atoms with van der Waals surface area (Å²) in [5.74, 6) is -0.599. The Morgan fingerprint density at radius 3 is 2.57 bits per heavy atom. The Balaban J connectivity index is 2.53. The molecule has 0 saturated carbocycles. The van der Waals surface area contributed by atoms with Gasteiger partial charge in [-0.2, -0.15) is 13.2 Å². The van der Waals surface area contributed by atoms with E-state index in [0.29, 0.717) is 12.0 Å². The highest BCUT2D eigenvalue weighted by molar-refractivity contribution is 5.94. The van der Waals surface area contributed by atoms with Gasteiger partial charge in [-0.1, -0.05) is 18.2 Å². The number of hydrogen-bond donors (Lipinski definition) is 3. The first-order valence-corrected chi connectivity index (χ1v) is 6.17. The molecule has 1 rings (SSSR count). The maximum Gasteiger partial charge on any atom is 0.416 e. The highest BCUT2D eigenvalue weighted by Gasteiger charge is 2.30. The topological polar surface area (TPSA) is 84.2 Å².